The molecule has 1 aliphatic carbocycles. The van der Waals surface area contributed by atoms with E-state index >= 15 is 0 Å². The number of rotatable bonds is 6. The minimum atomic E-state index is 0.601. The van der Waals surface area contributed by atoms with Crippen LogP contribution in [0.1, 0.15) is 34.8 Å². The van der Waals surface area contributed by atoms with Crippen LogP contribution < -0.4 is 9.64 Å². The van der Waals surface area contributed by atoms with Gasteiger partial charge >= 0.3 is 0 Å². The van der Waals surface area contributed by atoms with E-state index < -0.39 is 0 Å². The Morgan fingerprint density at radius 3 is 2.81 bits per heavy atom. The number of methoxy groups -OCH3 is 1. The molecule has 0 aromatic carbocycles. The Kier molecular flexibility index (Phi) is 5.36. The van der Waals surface area contributed by atoms with Crippen molar-refractivity contribution in [3.05, 3.63) is 28.0 Å². The SMILES string of the molecule is COc1nccnc1N(C)CC1CCN(Cc2nc3c(s2)CCC3)CC1. The third-order valence-corrected chi connectivity index (χ3v) is 6.58. The first-order valence-electron chi connectivity index (χ1n) is 9.49. The predicted octanol–water partition coefficient (Wildman–Crippen LogP) is 2.78. The zero-order chi connectivity index (χ0) is 17.9. The van der Waals surface area contributed by atoms with Gasteiger partial charge in [-0.05, 0) is 51.1 Å². The summed E-state index contributed by atoms with van der Waals surface area (Å²) in [5, 5.41) is 1.31. The number of piperidine rings is 1. The van der Waals surface area contributed by atoms with Gasteiger partial charge in [-0.2, -0.15) is 0 Å². The van der Waals surface area contributed by atoms with Crippen molar-refractivity contribution in [3.8, 4) is 5.88 Å². The van der Waals surface area contributed by atoms with Crippen molar-refractivity contribution in [2.45, 2.75) is 38.6 Å². The van der Waals surface area contributed by atoms with Gasteiger partial charge in [0, 0.05) is 30.9 Å². The molecule has 2 aromatic rings. The van der Waals surface area contributed by atoms with Crippen LogP contribution in [0.15, 0.2) is 12.4 Å². The van der Waals surface area contributed by atoms with E-state index in [1.807, 2.05) is 11.3 Å². The highest BCUT2D eigenvalue weighted by molar-refractivity contribution is 7.11. The first-order chi connectivity index (χ1) is 12.7. The summed E-state index contributed by atoms with van der Waals surface area (Å²) in [6.45, 7) is 4.33. The molecule has 2 aliphatic rings. The number of likely N-dealkylation sites (tertiary alicyclic amines) is 1. The molecule has 0 N–H and O–H groups in total. The van der Waals surface area contributed by atoms with Crippen molar-refractivity contribution in [2.75, 3.05) is 38.7 Å². The van der Waals surface area contributed by atoms with Gasteiger partial charge in [-0.25, -0.2) is 15.0 Å². The standard InChI is InChI=1S/C19H27N5OS/c1-23(18-19(25-2)21-9-8-20-18)12-14-6-10-24(11-7-14)13-17-22-15-4-3-5-16(15)26-17/h8-9,14H,3-7,10-13H2,1-2H3. The van der Waals surface area contributed by atoms with Gasteiger partial charge in [-0.1, -0.05) is 0 Å². The molecule has 0 saturated carbocycles. The van der Waals surface area contributed by atoms with Crippen LogP contribution in [0.5, 0.6) is 5.88 Å². The minimum Gasteiger partial charge on any atom is -0.478 e. The van der Waals surface area contributed by atoms with Crippen molar-refractivity contribution in [2.24, 2.45) is 5.92 Å². The number of hydrogen-bond acceptors (Lipinski definition) is 7. The summed E-state index contributed by atoms with van der Waals surface area (Å²) in [6.07, 6.45) is 9.56. The van der Waals surface area contributed by atoms with E-state index in [0.717, 1.165) is 32.0 Å². The first kappa shape index (κ1) is 17.7. The molecule has 0 spiro atoms. The molecule has 0 atom stereocenters. The molecular weight excluding hydrogens is 346 g/mol. The summed E-state index contributed by atoms with van der Waals surface area (Å²) in [5.41, 5.74) is 1.37. The maximum absolute atomic E-state index is 5.34. The fourth-order valence-electron chi connectivity index (χ4n) is 4.03. The highest BCUT2D eigenvalue weighted by atomic mass is 32.1. The van der Waals surface area contributed by atoms with Gasteiger partial charge in [0.05, 0.1) is 19.3 Å². The second-order valence-corrected chi connectivity index (χ2v) is 8.49. The molecule has 140 valence electrons. The molecule has 1 aliphatic heterocycles. The Morgan fingerprint density at radius 2 is 2.04 bits per heavy atom. The number of hydrogen-bond donors (Lipinski definition) is 0. The number of aromatic nitrogens is 3. The summed E-state index contributed by atoms with van der Waals surface area (Å²) in [7, 11) is 3.73. The van der Waals surface area contributed by atoms with E-state index in [1.165, 1.54) is 47.7 Å². The molecule has 1 saturated heterocycles. The maximum atomic E-state index is 5.34. The quantitative estimate of drug-likeness (QED) is 0.776. The second kappa shape index (κ2) is 7.88. The molecule has 4 rings (SSSR count). The van der Waals surface area contributed by atoms with Crippen molar-refractivity contribution < 1.29 is 4.74 Å². The molecule has 0 amide bonds. The molecule has 0 bridgehead atoms. The number of thiazole rings is 1. The lowest BCUT2D eigenvalue weighted by Crippen LogP contribution is -2.37. The van der Waals surface area contributed by atoms with Gasteiger partial charge in [0.2, 0.25) is 0 Å². The predicted molar refractivity (Wildman–Crippen MR) is 104 cm³/mol. The van der Waals surface area contributed by atoms with Crippen molar-refractivity contribution in [3.63, 3.8) is 0 Å². The summed E-state index contributed by atoms with van der Waals surface area (Å²) in [6, 6.07) is 0. The summed E-state index contributed by atoms with van der Waals surface area (Å²) >= 11 is 1.94. The maximum Gasteiger partial charge on any atom is 0.257 e. The normalized spacial score (nSPS) is 18.1. The lowest BCUT2D eigenvalue weighted by molar-refractivity contribution is 0.179. The van der Waals surface area contributed by atoms with Crippen LogP contribution in [0.3, 0.4) is 0 Å². The summed E-state index contributed by atoms with van der Waals surface area (Å²) in [4.78, 5) is 19.8. The molecule has 1 fully saturated rings. The highest BCUT2D eigenvalue weighted by Crippen LogP contribution is 2.29. The van der Waals surface area contributed by atoms with E-state index in [0.29, 0.717) is 11.8 Å². The Morgan fingerprint density at radius 1 is 1.23 bits per heavy atom. The van der Waals surface area contributed by atoms with Crippen molar-refractivity contribution in [1.82, 2.24) is 19.9 Å². The Hall–Kier alpha value is -1.73. The van der Waals surface area contributed by atoms with E-state index in [1.54, 1.807) is 19.5 Å². The molecule has 0 radical (unpaired) electrons. The zero-order valence-corrected chi connectivity index (χ0v) is 16.5. The van der Waals surface area contributed by atoms with Gasteiger partial charge in [0.25, 0.3) is 5.88 Å². The molecular formula is C19H27N5OS. The van der Waals surface area contributed by atoms with Crippen LogP contribution in [-0.2, 0) is 19.4 Å². The van der Waals surface area contributed by atoms with Gasteiger partial charge in [0.15, 0.2) is 5.82 Å². The highest BCUT2D eigenvalue weighted by Gasteiger charge is 2.24. The fraction of sp³-hybridized carbons (Fsp3) is 0.632. The average molecular weight is 374 g/mol. The molecule has 26 heavy (non-hydrogen) atoms. The van der Waals surface area contributed by atoms with Crippen LogP contribution in [0.25, 0.3) is 0 Å². The fourth-order valence-corrected chi connectivity index (χ4v) is 5.23. The van der Waals surface area contributed by atoms with Crippen LogP contribution in [0, 0.1) is 5.92 Å². The van der Waals surface area contributed by atoms with Gasteiger partial charge < -0.3 is 9.64 Å². The smallest absolute Gasteiger partial charge is 0.257 e. The van der Waals surface area contributed by atoms with Crippen molar-refractivity contribution >= 4 is 17.2 Å². The Balaban J connectivity index is 1.28. The van der Waals surface area contributed by atoms with Crippen LogP contribution in [-0.4, -0.2) is 53.6 Å². The van der Waals surface area contributed by atoms with Crippen LogP contribution >= 0.6 is 11.3 Å². The van der Waals surface area contributed by atoms with Crippen molar-refractivity contribution in [1.29, 1.82) is 0 Å². The van der Waals surface area contributed by atoms with Gasteiger partial charge in [-0.15, -0.1) is 11.3 Å². The molecule has 0 unspecified atom stereocenters. The van der Waals surface area contributed by atoms with E-state index in [2.05, 4.69) is 26.8 Å². The third-order valence-electron chi connectivity index (χ3n) is 5.44. The molecule has 3 heterocycles. The average Bonchev–Trinajstić information content (AvgIpc) is 3.25. The van der Waals surface area contributed by atoms with Gasteiger partial charge in [-0.3, -0.25) is 4.90 Å². The van der Waals surface area contributed by atoms with E-state index in [-0.39, 0.29) is 0 Å². The van der Waals surface area contributed by atoms with Gasteiger partial charge in [0.1, 0.15) is 5.01 Å². The number of anilines is 1. The van der Waals surface area contributed by atoms with Crippen LogP contribution in [0.4, 0.5) is 5.82 Å². The summed E-state index contributed by atoms with van der Waals surface area (Å²) in [5.74, 6) is 2.11. The molecule has 6 nitrogen and oxygen atoms in total. The molecule has 2 aromatic heterocycles. The first-order valence-corrected chi connectivity index (χ1v) is 10.3. The number of ether oxygens (including phenoxy) is 1. The zero-order valence-electron chi connectivity index (χ0n) is 15.6. The Labute approximate surface area is 159 Å². The number of aryl methyl sites for hydroxylation is 2. The largest absolute Gasteiger partial charge is 0.478 e. The lowest BCUT2D eigenvalue weighted by Gasteiger charge is -2.33. The monoisotopic (exact) mass is 373 g/mol. The number of nitrogens with zero attached hydrogens (tertiary/aromatic N) is 5. The third kappa shape index (κ3) is 3.83. The molecule has 7 heteroatoms. The van der Waals surface area contributed by atoms with E-state index in [4.69, 9.17) is 9.72 Å². The second-order valence-electron chi connectivity index (χ2n) is 7.32. The van der Waals surface area contributed by atoms with E-state index in [9.17, 15) is 0 Å². The topological polar surface area (TPSA) is 54.4 Å². The summed E-state index contributed by atoms with van der Waals surface area (Å²) < 4.78 is 5.34. The minimum absolute atomic E-state index is 0.601. The van der Waals surface area contributed by atoms with Crippen LogP contribution in [0.2, 0.25) is 0 Å². The Bertz CT molecular complexity index is 720. The number of fused-ring (bicyclic) bond motifs is 1. The lowest BCUT2D eigenvalue weighted by atomic mass is 9.96.